The van der Waals surface area contributed by atoms with Crippen LogP contribution in [0.2, 0.25) is 0 Å². The van der Waals surface area contributed by atoms with Crippen molar-refractivity contribution in [1.82, 2.24) is 0 Å². The summed E-state index contributed by atoms with van der Waals surface area (Å²) < 4.78 is 5.68. The van der Waals surface area contributed by atoms with Crippen LogP contribution in [0.4, 0.5) is 0 Å². The van der Waals surface area contributed by atoms with Gasteiger partial charge in [-0.1, -0.05) is 113 Å². The zero-order chi connectivity index (χ0) is 21.1. The van der Waals surface area contributed by atoms with Gasteiger partial charge in [0, 0.05) is 36.5 Å². The van der Waals surface area contributed by atoms with Gasteiger partial charge in [0.2, 0.25) is 0 Å². The van der Waals surface area contributed by atoms with Crippen LogP contribution in [0.5, 0.6) is 0 Å². The SMILES string of the molecule is CCCCCCCCC.[CH2-]C(CC)OC(=N)C(C)(CCCC)CC(C)CC.[U]. The van der Waals surface area contributed by atoms with Crippen LogP contribution in [0, 0.1) is 54.8 Å². The largest absolute Gasteiger partial charge is 0.511 e. The minimum absolute atomic E-state index is 0. The predicted molar refractivity (Wildman–Crippen MR) is 124 cm³/mol. The number of hydrogen-bond donors (Lipinski definition) is 1. The van der Waals surface area contributed by atoms with Crippen molar-refractivity contribution in [3.05, 3.63) is 6.92 Å². The summed E-state index contributed by atoms with van der Waals surface area (Å²) in [5.74, 6) is 1.08. The molecule has 0 radical (unpaired) electrons. The smallest absolute Gasteiger partial charge is 0.184 e. The number of hydrogen-bond acceptors (Lipinski definition) is 2. The summed E-state index contributed by atoms with van der Waals surface area (Å²) >= 11 is 0. The first kappa shape index (κ1) is 33.2. The summed E-state index contributed by atoms with van der Waals surface area (Å²) in [4.78, 5) is 0. The van der Waals surface area contributed by atoms with E-state index in [1.54, 1.807) is 0 Å². The van der Waals surface area contributed by atoms with E-state index in [0.29, 0.717) is 11.8 Å². The first-order valence-electron chi connectivity index (χ1n) is 11.9. The molecule has 0 aliphatic heterocycles. The fourth-order valence-electron chi connectivity index (χ4n) is 3.21. The third-order valence-corrected chi connectivity index (χ3v) is 5.57. The molecule has 0 aromatic carbocycles. The average molecular weight is 621 g/mol. The first-order valence-corrected chi connectivity index (χ1v) is 11.9. The van der Waals surface area contributed by atoms with Gasteiger partial charge in [0.1, 0.15) is 0 Å². The third-order valence-electron chi connectivity index (χ3n) is 5.57. The fourth-order valence-corrected chi connectivity index (χ4v) is 3.21. The molecule has 0 saturated carbocycles. The normalized spacial score (nSPS) is 14.7. The van der Waals surface area contributed by atoms with Gasteiger partial charge in [-0.15, -0.1) is 0 Å². The molecule has 3 unspecified atom stereocenters. The molecule has 168 valence electrons. The third kappa shape index (κ3) is 18.5. The van der Waals surface area contributed by atoms with E-state index in [9.17, 15) is 0 Å². The summed E-state index contributed by atoms with van der Waals surface area (Å²) in [5, 5.41) is 8.26. The molecular weight excluding hydrogens is 568 g/mol. The van der Waals surface area contributed by atoms with Crippen LogP contribution in [0.25, 0.3) is 0 Å². The second-order valence-electron chi connectivity index (χ2n) is 8.63. The Kier molecular flexibility index (Phi) is 26.3. The zero-order valence-corrected chi connectivity index (χ0v) is 24.6. The molecule has 28 heavy (non-hydrogen) atoms. The standard InChI is InChI=1S/C16H32NO.C9H20.U/c1-7-10-11-16(6,12-13(4)8-2)15(17)18-14(5)9-3;1-3-5-7-9-8-6-4-2;/h13-14,17H,5,7-12H2,1-4,6H3;3-9H2,1-2H3;/q-1;;. The van der Waals surface area contributed by atoms with Gasteiger partial charge in [-0.25, -0.2) is 0 Å². The van der Waals surface area contributed by atoms with Crippen molar-refractivity contribution in [2.75, 3.05) is 0 Å². The van der Waals surface area contributed by atoms with Crippen LogP contribution >= 0.6 is 0 Å². The van der Waals surface area contributed by atoms with Gasteiger partial charge in [0.15, 0.2) is 5.90 Å². The van der Waals surface area contributed by atoms with Gasteiger partial charge in [-0.3, -0.25) is 5.41 Å². The van der Waals surface area contributed by atoms with Crippen molar-refractivity contribution in [2.45, 2.75) is 138 Å². The van der Waals surface area contributed by atoms with E-state index in [2.05, 4.69) is 48.5 Å². The first-order chi connectivity index (χ1) is 12.8. The van der Waals surface area contributed by atoms with E-state index in [4.69, 9.17) is 10.1 Å². The second kappa shape index (κ2) is 22.2. The Bertz CT molecular complexity index is 329. The Balaban J connectivity index is -0.000000530. The summed E-state index contributed by atoms with van der Waals surface area (Å²) in [7, 11) is 0. The maximum absolute atomic E-state index is 8.26. The molecule has 3 atom stereocenters. The van der Waals surface area contributed by atoms with Crippen molar-refractivity contribution < 1.29 is 35.9 Å². The van der Waals surface area contributed by atoms with E-state index in [1.807, 2.05) is 6.92 Å². The molecule has 0 saturated heterocycles. The second-order valence-corrected chi connectivity index (χ2v) is 8.63. The number of unbranched alkanes of at least 4 members (excludes halogenated alkanes) is 7. The average Bonchev–Trinajstić information content (AvgIpc) is 2.66. The Morgan fingerprint density at radius 3 is 1.71 bits per heavy atom. The van der Waals surface area contributed by atoms with Crippen LogP contribution in [0.1, 0.15) is 132 Å². The molecular formula is C25H52NOU-. The summed E-state index contributed by atoms with van der Waals surface area (Å²) in [5.41, 5.74) is -0.115. The van der Waals surface area contributed by atoms with E-state index >= 15 is 0 Å². The minimum atomic E-state index is -0.115. The van der Waals surface area contributed by atoms with E-state index in [-0.39, 0.29) is 42.6 Å². The molecule has 0 aromatic heterocycles. The van der Waals surface area contributed by atoms with Gasteiger partial charge in [-0.05, 0) is 31.3 Å². The minimum Gasteiger partial charge on any atom is -0.511 e. The molecule has 0 heterocycles. The molecule has 0 fully saturated rings. The fraction of sp³-hybridized carbons (Fsp3) is 0.920. The van der Waals surface area contributed by atoms with E-state index < -0.39 is 0 Å². The van der Waals surface area contributed by atoms with Crippen molar-refractivity contribution in [3.8, 4) is 0 Å². The Morgan fingerprint density at radius 1 is 0.857 bits per heavy atom. The van der Waals surface area contributed by atoms with Gasteiger partial charge in [-0.2, -0.15) is 0 Å². The molecule has 0 aliphatic rings. The molecule has 0 aromatic rings. The van der Waals surface area contributed by atoms with Crippen LogP contribution in [-0.2, 0) is 4.74 Å². The van der Waals surface area contributed by atoms with Crippen LogP contribution in [-0.4, -0.2) is 12.0 Å². The van der Waals surface area contributed by atoms with Crippen LogP contribution in [0.3, 0.4) is 0 Å². The van der Waals surface area contributed by atoms with Gasteiger partial charge < -0.3 is 11.7 Å². The molecule has 3 heteroatoms. The number of ether oxygens (including phenoxy) is 1. The topological polar surface area (TPSA) is 33.1 Å². The van der Waals surface area contributed by atoms with Gasteiger partial charge in [0.25, 0.3) is 0 Å². The molecule has 0 rings (SSSR count). The van der Waals surface area contributed by atoms with Crippen LogP contribution in [0.15, 0.2) is 0 Å². The molecule has 0 spiro atoms. The number of nitrogens with one attached hydrogen (secondary N) is 1. The molecule has 0 aliphatic carbocycles. The molecule has 0 amide bonds. The summed E-state index contributed by atoms with van der Waals surface area (Å²) in [6.45, 7) is 19.4. The number of rotatable bonds is 15. The maximum Gasteiger partial charge on any atom is 0.184 e. The van der Waals surface area contributed by atoms with E-state index in [0.717, 1.165) is 32.1 Å². The molecule has 0 bridgehead atoms. The van der Waals surface area contributed by atoms with Gasteiger partial charge >= 0.3 is 0 Å². The Labute approximate surface area is 202 Å². The summed E-state index contributed by atoms with van der Waals surface area (Å²) in [6, 6.07) is 0. The zero-order valence-electron chi connectivity index (χ0n) is 20.5. The molecule has 1 N–H and O–H groups in total. The van der Waals surface area contributed by atoms with Crippen molar-refractivity contribution >= 4 is 5.90 Å². The van der Waals surface area contributed by atoms with E-state index in [1.165, 1.54) is 51.4 Å². The van der Waals surface area contributed by atoms with Crippen molar-refractivity contribution in [2.24, 2.45) is 11.3 Å². The van der Waals surface area contributed by atoms with Crippen molar-refractivity contribution in [1.29, 1.82) is 5.41 Å². The predicted octanol–water partition coefficient (Wildman–Crippen LogP) is 8.98. The van der Waals surface area contributed by atoms with Crippen molar-refractivity contribution in [3.63, 3.8) is 0 Å². The van der Waals surface area contributed by atoms with Crippen LogP contribution < -0.4 is 0 Å². The maximum atomic E-state index is 8.26. The monoisotopic (exact) mass is 620 g/mol. The Morgan fingerprint density at radius 2 is 1.32 bits per heavy atom. The van der Waals surface area contributed by atoms with Gasteiger partial charge in [0.05, 0.1) is 0 Å². The molecule has 2 nitrogen and oxygen atoms in total. The Hall–Kier alpha value is 0.522. The summed E-state index contributed by atoms with van der Waals surface area (Å²) in [6.07, 6.45) is 16.3. The quantitative estimate of drug-likeness (QED) is 0.0843.